The molecule has 6 nitrogen and oxygen atoms in total. The molecule has 0 aliphatic carbocycles. The summed E-state index contributed by atoms with van der Waals surface area (Å²) in [5, 5.41) is 4.17. The molecule has 20 heavy (non-hydrogen) atoms. The molecule has 108 valence electrons. The van der Waals surface area contributed by atoms with Gasteiger partial charge in [0.1, 0.15) is 17.3 Å². The van der Waals surface area contributed by atoms with Crippen molar-refractivity contribution >= 4 is 11.5 Å². The molecular weight excluding hydrogens is 256 g/mol. The lowest BCUT2D eigenvalue weighted by Gasteiger charge is -2.19. The number of hydrogen-bond acceptors (Lipinski definition) is 5. The molecule has 6 heteroatoms. The van der Waals surface area contributed by atoms with Crippen molar-refractivity contribution in [3.05, 3.63) is 18.3 Å². The van der Waals surface area contributed by atoms with Crippen molar-refractivity contribution in [3.63, 3.8) is 0 Å². The van der Waals surface area contributed by atoms with Gasteiger partial charge in [-0.2, -0.15) is 5.10 Å². The van der Waals surface area contributed by atoms with E-state index in [1.165, 1.54) is 0 Å². The Labute approximate surface area is 118 Å². The number of nitrogens with zero attached hydrogens (tertiary/aromatic N) is 3. The molecule has 0 bridgehead atoms. The SMILES string of the molecule is COc1cc(N(C)C)c(OC)cc1-c1cnn(C)c1N. The van der Waals surface area contributed by atoms with Crippen LogP contribution in [0.25, 0.3) is 11.1 Å². The zero-order valence-corrected chi connectivity index (χ0v) is 12.5. The maximum atomic E-state index is 6.04. The number of anilines is 2. The first-order valence-corrected chi connectivity index (χ1v) is 6.20. The number of nitrogens with two attached hydrogens (primary N) is 1. The van der Waals surface area contributed by atoms with Crippen LogP contribution in [0.3, 0.4) is 0 Å². The highest BCUT2D eigenvalue weighted by Crippen LogP contribution is 2.41. The van der Waals surface area contributed by atoms with E-state index < -0.39 is 0 Å². The van der Waals surface area contributed by atoms with Crippen molar-refractivity contribution < 1.29 is 9.47 Å². The zero-order chi connectivity index (χ0) is 14.9. The third-order valence-electron chi connectivity index (χ3n) is 3.26. The lowest BCUT2D eigenvalue weighted by molar-refractivity contribution is 0.405. The molecule has 1 aromatic heterocycles. The Morgan fingerprint density at radius 1 is 1.10 bits per heavy atom. The molecule has 0 saturated heterocycles. The van der Waals surface area contributed by atoms with Gasteiger partial charge in [0.25, 0.3) is 0 Å². The Bertz CT molecular complexity index is 620. The summed E-state index contributed by atoms with van der Waals surface area (Å²) in [6.07, 6.45) is 1.72. The highest BCUT2D eigenvalue weighted by Gasteiger charge is 2.17. The predicted octanol–water partition coefficient (Wildman–Crippen LogP) is 1.75. The zero-order valence-electron chi connectivity index (χ0n) is 12.5. The Balaban J connectivity index is 2.67. The predicted molar refractivity (Wildman–Crippen MR) is 80.5 cm³/mol. The number of benzene rings is 1. The second kappa shape index (κ2) is 5.32. The minimum Gasteiger partial charge on any atom is -0.496 e. The molecule has 1 heterocycles. The van der Waals surface area contributed by atoms with E-state index in [0.29, 0.717) is 5.82 Å². The van der Waals surface area contributed by atoms with Crippen molar-refractivity contribution in [1.82, 2.24) is 9.78 Å². The molecule has 0 aliphatic rings. The van der Waals surface area contributed by atoms with Crippen LogP contribution >= 0.6 is 0 Å². The summed E-state index contributed by atoms with van der Waals surface area (Å²) >= 11 is 0. The smallest absolute Gasteiger partial charge is 0.143 e. The van der Waals surface area contributed by atoms with Gasteiger partial charge in [-0.1, -0.05) is 0 Å². The van der Waals surface area contributed by atoms with E-state index in [4.69, 9.17) is 15.2 Å². The van der Waals surface area contributed by atoms with E-state index >= 15 is 0 Å². The van der Waals surface area contributed by atoms with Crippen molar-refractivity contribution in [1.29, 1.82) is 0 Å². The number of rotatable bonds is 4. The average Bonchev–Trinajstić information content (AvgIpc) is 2.77. The van der Waals surface area contributed by atoms with E-state index in [1.54, 1.807) is 32.1 Å². The van der Waals surface area contributed by atoms with Crippen molar-refractivity contribution in [2.24, 2.45) is 7.05 Å². The van der Waals surface area contributed by atoms with Crippen LogP contribution in [0, 0.1) is 0 Å². The van der Waals surface area contributed by atoms with Gasteiger partial charge < -0.3 is 20.1 Å². The van der Waals surface area contributed by atoms with Gasteiger partial charge >= 0.3 is 0 Å². The quantitative estimate of drug-likeness (QED) is 0.921. The second-order valence-corrected chi connectivity index (χ2v) is 4.69. The molecule has 0 amide bonds. The van der Waals surface area contributed by atoms with Crippen molar-refractivity contribution in [2.75, 3.05) is 38.9 Å². The lowest BCUT2D eigenvalue weighted by atomic mass is 10.1. The normalized spacial score (nSPS) is 10.4. The first kappa shape index (κ1) is 14.0. The van der Waals surface area contributed by atoms with Crippen molar-refractivity contribution in [3.8, 4) is 22.6 Å². The summed E-state index contributed by atoms with van der Waals surface area (Å²) in [6.45, 7) is 0. The Morgan fingerprint density at radius 2 is 1.75 bits per heavy atom. The molecule has 0 radical (unpaired) electrons. The maximum Gasteiger partial charge on any atom is 0.143 e. The molecule has 2 N–H and O–H groups in total. The molecule has 0 unspecified atom stereocenters. The minimum absolute atomic E-state index is 0.586. The topological polar surface area (TPSA) is 65.5 Å². The third kappa shape index (κ3) is 2.24. The van der Waals surface area contributed by atoms with Gasteiger partial charge in [-0.3, -0.25) is 4.68 Å². The highest BCUT2D eigenvalue weighted by atomic mass is 16.5. The molecule has 0 saturated carbocycles. The maximum absolute atomic E-state index is 6.04. The van der Waals surface area contributed by atoms with Crippen LogP contribution in [-0.2, 0) is 7.05 Å². The number of nitrogen functional groups attached to an aromatic ring is 1. The van der Waals surface area contributed by atoms with E-state index in [2.05, 4.69) is 5.10 Å². The van der Waals surface area contributed by atoms with Crippen LogP contribution < -0.4 is 20.1 Å². The highest BCUT2D eigenvalue weighted by molar-refractivity contribution is 5.82. The average molecular weight is 276 g/mol. The summed E-state index contributed by atoms with van der Waals surface area (Å²) in [7, 11) is 8.99. The largest absolute Gasteiger partial charge is 0.496 e. The Hall–Kier alpha value is -2.37. The third-order valence-corrected chi connectivity index (χ3v) is 3.26. The molecule has 0 spiro atoms. The van der Waals surface area contributed by atoms with Crippen LogP contribution in [0.4, 0.5) is 11.5 Å². The van der Waals surface area contributed by atoms with Gasteiger partial charge in [-0.05, 0) is 6.07 Å². The summed E-state index contributed by atoms with van der Waals surface area (Å²) in [5.74, 6) is 2.08. The molecule has 1 aromatic carbocycles. The molecule has 0 atom stereocenters. The number of aryl methyl sites for hydroxylation is 1. The van der Waals surface area contributed by atoms with Crippen LogP contribution in [0.15, 0.2) is 18.3 Å². The van der Waals surface area contributed by atoms with Crippen LogP contribution in [0.5, 0.6) is 11.5 Å². The van der Waals surface area contributed by atoms with Gasteiger partial charge in [0.2, 0.25) is 0 Å². The summed E-state index contributed by atoms with van der Waals surface area (Å²) in [5.41, 5.74) is 8.67. The van der Waals surface area contributed by atoms with E-state index in [0.717, 1.165) is 28.3 Å². The minimum atomic E-state index is 0.586. The summed E-state index contributed by atoms with van der Waals surface area (Å²) < 4.78 is 12.6. The van der Waals surface area contributed by atoms with E-state index in [-0.39, 0.29) is 0 Å². The van der Waals surface area contributed by atoms with Crippen molar-refractivity contribution in [2.45, 2.75) is 0 Å². The molecular formula is C14H20N4O2. The summed E-state index contributed by atoms with van der Waals surface area (Å²) in [4.78, 5) is 1.97. The monoisotopic (exact) mass is 276 g/mol. The fourth-order valence-electron chi connectivity index (χ4n) is 2.10. The van der Waals surface area contributed by atoms with Gasteiger partial charge in [-0.25, -0.2) is 0 Å². The van der Waals surface area contributed by atoms with Gasteiger partial charge in [-0.15, -0.1) is 0 Å². The summed E-state index contributed by atoms with van der Waals surface area (Å²) in [6, 6.07) is 3.85. The standard InChI is InChI=1S/C14H20N4O2/c1-17(2)11-7-12(19-4)9(6-13(11)20-5)10-8-16-18(3)14(10)15/h6-8H,15H2,1-5H3. The molecule has 0 fully saturated rings. The number of methoxy groups -OCH3 is 2. The van der Waals surface area contributed by atoms with E-state index in [1.807, 2.05) is 31.1 Å². The van der Waals surface area contributed by atoms with Crippen LogP contribution in [0.1, 0.15) is 0 Å². The first-order chi connectivity index (χ1) is 9.49. The fraction of sp³-hybridized carbons (Fsp3) is 0.357. The lowest BCUT2D eigenvalue weighted by Crippen LogP contribution is -2.10. The van der Waals surface area contributed by atoms with Crippen LogP contribution in [0.2, 0.25) is 0 Å². The van der Waals surface area contributed by atoms with E-state index in [9.17, 15) is 0 Å². The molecule has 2 rings (SSSR count). The van der Waals surface area contributed by atoms with Gasteiger partial charge in [0.05, 0.1) is 26.1 Å². The number of aromatic nitrogens is 2. The fourth-order valence-corrected chi connectivity index (χ4v) is 2.10. The molecule has 2 aromatic rings. The second-order valence-electron chi connectivity index (χ2n) is 4.69. The Kier molecular flexibility index (Phi) is 3.74. The number of hydrogen-bond donors (Lipinski definition) is 1. The number of ether oxygens (including phenoxy) is 2. The van der Waals surface area contributed by atoms with Gasteiger partial charge in [0.15, 0.2) is 0 Å². The Morgan fingerprint density at radius 3 is 2.20 bits per heavy atom. The molecule has 0 aliphatic heterocycles. The van der Waals surface area contributed by atoms with Gasteiger partial charge in [0, 0.05) is 38.3 Å². The first-order valence-electron chi connectivity index (χ1n) is 6.20. The van der Waals surface area contributed by atoms with Crippen LogP contribution in [-0.4, -0.2) is 38.1 Å².